The number of Topliss-reactive ketones (excluding diaryl/α,β-unsaturated/α-hetero) is 1. The minimum absolute atomic E-state index is 0.0125. The van der Waals surface area contributed by atoms with E-state index in [4.69, 9.17) is 9.47 Å². The molecule has 2 atom stereocenters. The van der Waals surface area contributed by atoms with Gasteiger partial charge in [-0.15, -0.1) is 0 Å². The van der Waals surface area contributed by atoms with Crippen LogP contribution in [0.15, 0.2) is 18.2 Å². The van der Waals surface area contributed by atoms with Crippen LogP contribution in [0.4, 0.5) is 0 Å². The van der Waals surface area contributed by atoms with Gasteiger partial charge in [-0.1, -0.05) is 19.1 Å². The minimum Gasteiger partial charge on any atom is -0.487 e. The molecule has 4 heteroatoms. The second kappa shape index (κ2) is 8.39. The van der Waals surface area contributed by atoms with E-state index in [0.29, 0.717) is 12.5 Å². The van der Waals surface area contributed by atoms with Gasteiger partial charge in [0, 0.05) is 24.1 Å². The zero-order chi connectivity index (χ0) is 21.4. The Balaban J connectivity index is 1.74. The number of hydrogen-bond donors (Lipinski definition) is 0. The lowest BCUT2D eigenvalue weighted by Gasteiger charge is -2.36. The minimum atomic E-state index is -0.358. The maximum absolute atomic E-state index is 13.3. The summed E-state index contributed by atoms with van der Waals surface area (Å²) >= 11 is 0. The lowest BCUT2D eigenvalue weighted by molar-refractivity contribution is -0.0295. The van der Waals surface area contributed by atoms with Gasteiger partial charge < -0.3 is 9.47 Å². The van der Waals surface area contributed by atoms with Crippen molar-refractivity contribution in [2.24, 2.45) is 5.92 Å². The predicted molar refractivity (Wildman–Crippen MR) is 118 cm³/mol. The van der Waals surface area contributed by atoms with Gasteiger partial charge in [-0.3, -0.25) is 9.69 Å². The second-order valence-electron chi connectivity index (χ2n) is 10.7. The Morgan fingerprint density at radius 3 is 2.45 bits per heavy atom. The Morgan fingerprint density at radius 2 is 1.83 bits per heavy atom. The Labute approximate surface area is 177 Å². The van der Waals surface area contributed by atoms with Crippen LogP contribution in [0.5, 0.6) is 5.75 Å². The molecule has 0 radical (unpaired) electrons. The molecule has 1 fully saturated rings. The van der Waals surface area contributed by atoms with Crippen LogP contribution in [-0.4, -0.2) is 48.1 Å². The molecule has 2 unspecified atom stereocenters. The van der Waals surface area contributed by atoms with E-state index in [1.54, 1.807) is 0 Å². The largest absolute Gasteiger partial charge is 0.487 e. The molecular formula is C25H39NO3. The average Bonchev–Trinajstić information content (AvgIpc) is 3.40. The van der Waals surface area contributed by atoms with Crippen LogP contribution in [0.1, 0.15) is 89.1 Å². The predicted octanol–water partition coefficient (Wildman–Crippen LogP) is 5.45. The Kier molecular flexibility index (Phi) is 6.45. The Bertz CT molecular complexity index is 730. The second-order valence-corrected chi connectivity index (χ2v) is 10.7. The molecular weight excluding hydrogens is 362 g/mol. The zero-order valence-corrected chi connectivity index (χ0v) is 19.4. The molecule has 0 amide bonds. The first-order valence-electron chi connectivity index (χ1n) is 11.2. The highest BCUT2D eigenvalue weighted by Crippen LogP contribution is 2.41. The van der Waals surface area contributed by atoms with Crippen molar-refractivity contribution in [3.05, 3.63) is 29.3 Å². The molecule has 1 aromatic carbocycles. The van der Waals surface area contributed by atoms with Crippen LogP contribution >= 0.6 is 0 Å². The maximum atomic E-state index is 13.3. The number of nitrogens with zero attached hydrogens (tertiary/aromatic N) is 1. The summed E-state index contributed by atoms with van der Waals surface area (Å²) in [6.45, 7) is 14.3. The molecule has 0 N–H and O–H groups in total. The number of ether oxygens (including phenoxy) is 2. The van der Waals surface area contributed by atoms with Gasteiger partial charge in [-0.2, -0.15) is 0 Å². The third kappa shape index (κ3) is 5.82. The summed E-state index contributed by atoms with van der Waals surface area (Å²) < 4.78 is 12.3. The average molecular weight is 402 g/mol. The highest BCUT2D eigenvalue weighted by molar-refractivity contribution is 6.03. The molecule has 0 saturated heterocycles. The van der Waals surface area contributed by atoms with Gasteiger partial charge in [0.05, 0.1) is 18.2 Å². The third-order valence-corrected chi connectivity index (χ3v) is 6.10. The van der Waals surface area contributed by atoms with E-state index < -0.39 is 0 Å². The van der Waals surface area contributed by atoms with Gasteiger partial charge in [0.25, 0.3) is 0 Å². The molecule has 0 bridgehead atoms. The van der Waals surface area contributed by atoms with Crippen LogP contribution in [0, 0.1) is 5.92 Å². The quantitative estimate of drug-likeness (QED) is 0.581. The van der Waals surface area contributed by atoms with E-state index in [2.05, 4.69) is 53.5 Å². The van der Waals surface area contributed by atoms with Crippen molar-refractivity contribution in [3.8, 4) is 5.75 Å². The van der Waals surface area contributed by atoms with E-state index in [1.165, 1.54) is 12.8 Å². The molecule has 2 aliphatic carbocycles. The van der Waals surface area contributed by atoms with Crippen LogP contribution in [0.2, 0.25) is 0 Å². The van der Waals surface area contributed by atoms with E-state index >= 15 is 0 Å². The third-order valence-electron chi connectivity index (χ3n) is 6.10. The van der Waals surface area contributed by atoms with Crippen LogP contribution in [0.25, 0.3) is 0 Å². The lowest BCUT2D eigenvalue weighted by atomic mass is 9.79. The fourth-order valence-corrected chi connectivity index (χ4v) is 4.26. The lowest BCUT2D eigenvalue weighted by Crippen LogP contribution is -2.43. The molecule has 0 aliphatic heterocycles. The van der Waals surface area contributed by atoms with Crippen LogP contribution in [-0.2, 0) is 4.74 Å². The summed E-state index contributed by atoms with van der Waals surface area (Å²) in [6, 6.07) is 5.95. The fraction of sp³-hybridized carbons (Fsp3) is 0.720. The first kappa shape index (κ1) is 22.3. The molecule has 162 valence electrons. The summed E-state index contributed by atoms with van der Waals surface area (Å²) in [7, 11) is 2.11. The Hall–Kier alpha value is -1.39. The van der Waals surface area contributed by atoms with E-state index in [-0.39, 0.29) is 23.0 Å². The summed E-state index contributed by atoms with van der Waals surface area (Å²) in [4.78, 5) is 15.6. The first-order chi connectivity index (χ1) is 13.5. The van der Waals surface area contributed by atoms with Crippen molar-refractivity contribution in [1.82, 2.24) is 4.90 Å². The van der Waals surface area contributed by atoms with Crippen LogP contribution < -0.4 is 4.74 Å². The van der Waals surface area contributed by atoms with E-state index in [9.17, 15) is 4.79 Å². The molecule has 1 aromatic rings. The van der Waals surface area contributed by atoms with Gasteiger partial charge in [0.15, 0.2) is 5.78 Å². The highest BCUT2D eigenvalue weighted by Gasteiger charge is 2.38. The topological polar surface area (TPSA) is 38.8 Å². The number of carbonyl (C=O) groups excluding carboxylic acids is 1. The highest BCUT2D eigenvalue weighted by atomic mass is 16.5. The monoisotopic (exact) mass is 401 g/mol. The van der Waals surface area contributed by atoms with Gasteiger partial charge in [-0.05, 0) is 78.8 Å². The van der Waals surface area contributed by atoms with Crippen molar-refractivity contribution in [3.63, 3.8) is 0 Å². The number of carbonyl (C=O) groups is 1. The van der Waals surface area contributed by atoms with Crippen LogP contribution in [0.3, 0.4) is 0 Å². The fourth-order valence-electron chi connectivity index (χ4n) is 4.26. The van der Waals surface area contributed by atoms with Crippen molar-refractivity contribution in [2.45, 2.75) is 90.4 Å². The van der Waals surface area contributed by atoms with Crippen molar-refractivity contribution < 1.29 is 14.3 Å². The molecule has 3 rings (SSSR count). The number of likely N-dealkylation sites (N-methyl/N-ethyl adjacent to an activating group) is 1. The standard InChI is InChI=1S/C25H39NO3/c1-17-15-20(26(7)16-18-11-12-18)23(27)19-9-8-10-21(22(17)19)29-25(5,6)13-14-28-24(2,3)4/h8-10,17-18,20H,11-16H2,1-7H3. The van der Waals surface area contributed by atoms with Gasteiger partial charge in [0.2, 0.25) is 0 Å². The summed E-state index contributed by atoms with van der Waals surface area (Å²) in [6.07, 6.45) is 4.28. The molecule has 4 nitrogen and oxygen atoms in total. The number of hydrogen-bond acceptors (Lipinski definition) is 4. The van der Waals surface area contributed by atoms with E-state index in [0.717, 1.165) is 42.2 Å². The smallest absolute Gasteiger partial charge is 0.180 e. The van der Waals surface area contributed by atoms with Crippen molar-refractivity contribution in [1.29, 1.82) is 0 Å². The van der Waals surface area contributed by atoms with Gasteiger partial charge in [0.1, 0.15) is 11.4 Å². The number of fused-ring (bicyclic) bond motifs is 1. The molecule has 2 aliphatic rings. The number of ketones is 1. The molecule has 0 aromatic heterocycles. The number of rotatable bonds is 8. The summed E-state index contributed by atoms with van der Waals surface area (Å²) in [5.41, 5.74) is 1.42. The summed E-state index contributed by atoms with van der Waals surface area (Å²) in [5.74, 6) is 2.19. The summed E-state index contributed by atoms with van der Waals surface area (Å²) in [5, 5.41) is 0. The van der Waals surface area contributed by atoms with Gasteiger partial charge >= 0.3 is 0 Å². The van der Waals surface area contributed by atoms with Crippen molar-refractivity contribution in [2.75, 3.05) is 20.2 Å². The number of benzene rings is 1. The molecule has 1 saturated carbocycles. The SMILES string of the molecule is CC1CC(N(C)CC2CC2)C(=O)c2cccc(OC(C)(C)CCOC(C)(C)C)c21. The zero-order valence-electron chi connectivity index (χ0n) is 19.4. The Morgan fingerprint density at radius 1 is 1.14 bits per heavy atom. The van der Waals surface area contributed by atoms with Crippen molar-refractivity contribution >= 4 is 5.78 Å². The normalized spacial score (nSPS) is 22.7. The van der Waals surface area contributed by atoms with Gasteiger partial charge in [-0.25, -0.2) is 0 Å². The van der Waals surface area contributed by atoms with E-state index in [1.807, 2.05) is 18.2 Å². The molecule has 0 spiro atoms. The molecule has 0 heterocycles. The maximum Gasteiger partial charge on any atom is 0.180 e. The first-order valence-corrected chi connectivity index (χ1v) is 11.2. The molecule has 29 heavy (non-hydrogen) atoms.